The van der Waals surface area contributed by atoms with Crippen molar-refractivity contribution in [3.63, 3.8) is 0 Å². The molecule has 3 rings (SSSR count). The van der Waals surface area contributed by atoms with Gasteiger partial charge in [0, 0.05) is 0 Å². The molecular formula is C20H20ClNO3. The number of methoxy groups -OCH3 is 1. The molecule has 0 atom stereocenters. The van der Waals surface area contributed by atoms with E-state index in [9.17, 15) is 9.59 Å². The zero-order valence-corrected chi connectivity index (χ0v) is 14.8. The Morgan fingerprint density at radius 2 is 1.76 bits per heavy atom. The predicted molar refractivity (Wildman–Crippen MR) is 98.0 cm³/mol. The summed E-state index contributed by atoms with van der Waals surface area (Å²) in [6, 6.07) is 14.6. The van der Waals surface area contributed by atoms with Crippen molar-refractivity contribution in [3.05, 3.63) is 64.7 Å². The Balaban J connectivity index is 1.92. The van der Waals surface area contributed by atoms with Crippen molar-refractivity contribution in [1.29, 1.82) is 0 Å². The summed E-state index contributed by atoms with van der Waals surface area (Å²) in [5.41, 5.74) is 1.25. The molecule has 2 aromatic rings. The standard InChI is InChI=1S/C20H20ClNO3/c1-25-18(23)14-9-10-16(21)17(13-14)22-19(24)20(11-5-6-12-20)15-7-3-2-4-8-15/h2-4,7-10,13H,5-6,11-12H2,1H3,(H,22,24). The number of anilines is 1. The summed E-state index contributed by atoms with van der Waals surface area (Å²) in [4.78, 5) is 24.9. The highest BCUT2D eigenvalue weighted by Gasteiger charge is 2.42. The summed E-state index contributed by atoms with van der Waals surface area (Å²) >= 11 is 6.22. The highest BCUT2D eigenvalue weighted by atomic mass is 35.5. The normalized spacial score (nSPS) is 15.6. The molecule has 0 bridgehead atoms. The molecule has 1 amide bonds. The smallest absolute Gasteiger partial charge is 0.337 e. The molecule has 25 heavy (non-hydrogen) atoms. The predicted octanol–water partition coefficient (Wildman–Crippen LogP) is 4.58. The first-order chi connectivity index (χ1) is 12.1. The van der Waals surface area contributed by atoms with E-state index in [0.29, 0.717) is 16.3 Å². The van der Waals surface area contributed by atoms with Gasteiger partial charge in [0.15, 0.2) is 0 Å². The van der Waals surface area contributed by atoms with E-state index in [1.807, 2.05) is 30.3 Å². The summed E-state index contributed by atoms with van der Waals surface area (Å²) in [7, 11) is 1.32. The Morgan fingerprint density at radius 3 is 2.40 bits per heavy atom. The lowest BCUT2D eigenvalue weighted by atomic mass is 9.78. The van der Waals surface area contributed by atoms with Crippen LogP contribution in [0, 0.1) is 0 Å². The summed E-state index contributed by atoms with van der Waals surface area (Å²) in [5, 5.41) is 3.32. The molecule has 0 spiro atoms. The van der Waals surface area contributed by atoms with E-state index in [1.54, 1.807) is 18.2 Å². The second-order valence-corrected chi connectivity index (χ2v) is 6.70. The highest BCUT2D eigenvalue weighted by molar-refractivity contribution is 6.34. The lowest BCUT2D eigenvalue weighted by Crippen LogP contribution is -2.38. The number of ether oxygens (including phenoxy) is 1. The van der Waals surface area contributed by atoms with Crippen molar-refractivity contribution in [3.8, 4) is 0 Å². The van der Waals surface area contributed by atoms with Crippen LogP contribution in [0.15, 0.2) is 48.5 Å². The molecule has 0 saturated heterocycles. The van der Waals surface area contributed by atoms with Crippen LogP contribution >= 0.6 is 11.6 Å². The fraction of sp³-hybridized carbons (Fsp3) is 0.300. The minimum atomic E-state index is -0.550. The second kappa shape index (κ2) is 7.28. The van der Waals surface area contributed by atoms with Crippen molar-refractivity contribution < 1.29 is 14.3 Å². The molecule has 130 valence electrons. The maximum atomic E-state index is 13.2. The molecule has 1 aliphatic rings. The SMILES string of the molecule is COC(=O)c1ccc(Cl)c(NC(=O)C2(c3ccccc3)CCCC2)c1. The van der Waals surface area contributed by atoms with E-state index < -0.39 is 11.4 Å². The lowest BCUT2D eigenvalue weighted by molar-refractivity contribution is -0.121. The number of amides is 1. The van der Waals surface area contributed by atoms with Crippen molar-refractivity contribution in [1.82, 2.24) is 0 Å². The maximum absolute atomic E-state index is 13.2. The van der Waals surface area contributed by atoms with Crippen LogP contribution < -0.4 is 5.32 Å². The number of hydrogen-bond donors (Lipinski definition) is 1. The van der Waals surface area contributed by atoms with Crippen LogP contribution in [0.2, 0.25) is 5.02 Å². The summed E-state index contributed by atoms with van der Waals surface area (Å²) in [6.07, 6.45) is 3.63. The van der Waals surface area contributed by atoms with Crippen molar-refractivity contribution in [2.24, 2.45) is 0 Å². The number of rotatable bonds is 4. The molecule has 1 N–H and O–H groups in total. The largest absolute Gasteiger partial charge is 0.465 e. The minimum absolute atomic E-state index is 0.0832. The van der Waals surface area contributed by atoms with Gasteiger partial charge in [-0.05, 0) is 36.6 Å². The third kappa shape index (κ3) is 3.40. The third-order valence-electron chi connectivity index (χ3n) is 4.85. The summed E-state index contributed by atoms with van der Waals surface area (Å²) < 4.78 is 4.73. The lowest BCUT2D eigenvalue weighted by Gasteiger charge is -2.28. The van der Waals surface area contributed by atoms with Crippen LogP contribution in [-0.2, 0) is 14.9 Å². The average molecular weight is 358 g/mol. The van der Waals surface area contributed by atoms with Gasteiger partial charge in [-0.3, -0.25) is 4.79 Å². The number of carbonyl (C=O) groups excluding carboxylic acids is 2. The van der Waals surface area contributed by atoms with Gasteiger partial charge in [0.2, 0.25) is 5.91 Å². The van der Waals surface area contributed by atoms with Crippen LogP contribution in [0.4, 0.5) is 5.69 Å². The molecule has 4 nitrogen and oxygen atoms in total. The van der Waals surface area contributed by atoms with Gasteiger partial charge < -0.3 is 10.1 Å². The molecule has 1 fully saturated rings. The van der Waals surface area contributed by atoms with Gasteiger partial charge in [-0.25, -0.2) is 4.79 Å². The minimum Gasteiger partial charge on any atom is -0.465 e. The van der Waals surface area contributed by atoms with Gasteiger partial charge >= 0.3 is 5.97 Å². The molecule has 0 heterocycles. The molecule has 0 unspecified atom stereocenters. The first kappa shape index (κ1) is 17.5. The van der Waals surface area contributed by atoms with Crippen LogP contribution in [-0.4, -0.2) is 19.0 Å². The van der Waals surface area contributed by atoms with Crippen molar-refractivity contribution in [2.75, 3.05) is 12.4 Å². The van der Waals surface area contributed by atoms with Crippen molar-refractivity contribution >= 4 is 29.2 Å². The van der Waals surface area contributed by atoms with E-state index in [2.05, 4.69) is 5.32 Å². The quantitative estimate of drug-likeness (QED) is 0.815. The van der Waals surface area contributed by atoms with E-state index in [0.717, 1.165) is 31.2 Å². The fourth-order valence-electron chi connectivity index (χ4n) is 3.49. The maximum Gasteiger partial charge on any atom is 0.337 e. The number of hydrogen-bond acceptors (Lipinski definition) is 3. The first-order valence-corrected chi connectivity index (χ1v) is 8.69. The number of benzene rings is 2. The van der Waals surface area contributed by atoms with Crippen LogP contribution in [0.1, 0.15) is 41.6 Å². The number of nitrogens with one attached hydrogen (secondary N) is 1. The van der Waals surface area contributed by atoms with E-state index in [-0.39, 0.29) is 5.91 Å². The second-order valence-electron chi connectivity index (χ2n) is 6.30. The van der Waals surface area contributed by atoms with Crippen LogP contribution in [0.3, 0.4) is 0 Å². The molecule has 5 heteroatoms. The van der Waals surface area contributed by atoms with Crippen molar-refractivity contribution in [2.45, 2.75) is 31.1 Å². The van der Waals surface area contributed by atoms with Gasteiger partial charge in [-0.2, -0.15) is 0 Å². The number of carbonyl (C=O) groups is 2. The zero-order valence-electron chi connectivity index (χ0n) is 14.0. The Labute approximate surface area is 152 Å². The number of esters is 1. The van der Waals surface area contributed by atoms with E-state index in [4.69, 9.17) is 16.3 Å². The first-order valence-electron chi connectivity index (χ1n) is 8.32. The molecule has 1 saturated carbocycles. The fourth-order valence-corrected chi connectivity index (χ4v) is 3.66. The molecule has 0 aromatic heterocycles. The third-order valence-corrected chi connectivity index (χ3v) is 5.18. The summed E-state index contributed by atoms with van der Waals surface area (Å²) in [5.74, 6) is -0.550. The average Bonchev–Trinajstić information content (AvgIpc) is 3.15. The van der Waals surface area contributed by atoms with Gasteiger partial charge in [-0.1, -0.05) is 54.8 Å². The van der Waals surface area contributed by atoms with E-state index in [1.165, 1.54) is 7.11 Å². The molecular weight excluding hydrogens is 338 g/mol. The Bertz CT molecular complexity index is 783. The molecule has 1 aliphatic carbocycles. The topological polar surface area (TPSA) is 55.4 Å². The summed E-state index contributed by atoms with van der Waals surface area (Å²) in [6.45, 7) is 0. The Hall–Kier alpha value is -2.33. The van der Waals surface area contributed by atoms with Crippen LogP contribution in [0.25, 0.3) is 0 Å². The van der Waals surface area contributed by atoms with Gasteiger partial charge in [0.25, 0.3) is 0 Å². The van der Waals surface area contributed by atoms with Gasteiger partial charge in [0.1, 0.15) is 0 Å². The zero-order chi connectivity index (χ0) is 17.9. The van der Waals surface area contributed by atoms with Gasteiger partial charge in [-0.15, -0.1) is 0 Å². The van der Waals surface area contributed by atoms with E-state index >= 15 is 0 Å². The molecule has 0 aliphatic heterocycles. The van der Waals surface area contributed by atoms with Gasteiger partial charge in [0.05, 0.1) is 28.8 Å². The highest BCUT2D eigenvalue weighted by Crippen LogP contribution is 2.42. The Morgan fingerprint density at radius 1 is 1.08 bits per heavy atom. The van der Waals surface area contributed by atoms with Crippen LogP contribution in [0.5, 0.6) is 0 Å². The molecule has 2 aromatic carbocycles. The monoisotopic (exact) mass is 357 g/mol. The Kier molecular flexibility index (Phi) is 5.09. The number of halogens is 1. The molecule has 0 radical (unpaired) electrons.